The Hall–Kier alpha value is -0.0400. The van der Waals surface area contributed by atoms with E-state index < -0.39 is 0 Å². The zero-order valence-corrected chi connectivity index (χ0v) is 10.4. The molecule has 1 atom stereocenters. The van der Waals surface area contributed by atoms with E-state index in [-0.39, 0.29) is 0 Å². The second kappa shape index (κ2) is 5.75. The highest BCUT2D eigenvalue weighted by atomic mass is 15.2. The minimum Gasteiger partial charge on any atom is -0.298 e. The lowest BCUT2D eigenvalue weighted by molar-refractivity contribution is 0.101. The van der Waals surface area contributed by atoms with Gasteiger partial charge in [0.25, 0.3) is 0 Å². The summed E-state index contributed by atoms with van der Waals surface area (Å²) in [6.07, 6.45) is 7.11. The Morgan fingerprint density at radius 2 is 1.86 bits per heavy atom. The predicted octanol–water partition coefficient (Wildman–Crippen LogP) is 3.69. The molecule has 1 nitrogen and oxygen atoms in total. The average molecular weight is 197 g/mol. The van der Waals surface area contributed by atoms with Crippen LogP contribution < -0.4 is 0 Å². The van der Waals surface area contributed by atoms with Crippen molar-refractivity contribution >= 4 is 0 Å². The van der Waals surface area contributed by atoms with Crippen molar-refractivity contribution in [2.75, 3.05) is 6.54 Å². The third kappa shape index (κ3) is 3.61. The minimum atomic E-state index is 0.743. The molecule has 1 rings (SSSR count). The summed E-state index contributed by atoms with van der Waals surface area (Å²) in [7, 11) is 0. The normalized spacial score (nSPS) is 24.9. The predicted molar refractivity (Wildman–Crippen MR) is 63.6 cm³/mol. The zero-order valence-electron chi connectivity index (χ0n) is 10.4. The van der Waals surface area contributed by atoms with Crippen LogP contribution in [0.2, 0.25) is 0 Å². The Kier molecular flexibility index (Phi) is 4.94. The molecule has 0 saturated carbocycles. The summed E-state index contributed by atoms with van der Waals surface area (Å²) in [4.78, 5) is 2.71. The molecule has 1 aliphatic rings. The second-order valence-corrected chi connectivity index (χ2v) is 5.45. The van der Waals surface area contributed by atoms with Crippen LogP contribution in [0, 0.1) is 5.92 Å². The highest BCUT2D eigenvalue weighted by molar-refractivity contribution is 4.79. The number of piperidine rings is 1. The van der Waals surface area contributed by atoms with Gasteiger partial charge in [-0.3, -0.25) is 4.90 Å². The first-order valence-corrected chi connectivity index (χ1v) is 6.37. The van der Waals surface area contributed by atoms with Crippen LogP contribution in [-0.2, 0) is 0 Å². The van der Waals surface area contributed by atoms with Gasteiger partial charge in [0.1, 0.15) is 0 Å². The molecule has 14 heavy (non-hydrogen) atoms. The van der Waals surface area contributed by atoms with E-state index in [2.05, 4.69) is 32.6 Å². The lowest BCUT2D eigenvalue weighted by Crippen LogP contribution is -2.43. The highest BCUT2D eigenvalue weighted by Crippen LogP contribution is 2.24. The van der Waals surface area contributed by atoms with Gasteiger partial charge in [0, 0.05) is 12.1 Å². The molecule has 0 N–H and O–H groups in total. The van der Waals surface area contributed by atoms with Gasteiger partial charge in [-0.05, 0) is 52.0 Å². The fraction of sp³-hybridized carbons (Fsp3) is 1.00. The van der Waals surface area contributed by atoms with Crippen LogP contribution in [0.15, 0.2) is 0 Å². The minimum absolute atomic E-state index is 0.743. The number of rotatable bonds is 4. The summed E-state index contributed by atoms with van der Waals surface area (Å²) >= 11 is 0. The summed E-state index contributed by atoms with van der Waals surface area (Å²) in [6, 6.07) is 1.62. The Balaban J connectivity index is 2.38. The highest BCUT2D eigenvalue weighted by Gasteiger charge is 2.23. The number of likely N-dealkylation sites (tertiary alicyclic amines) is 1. The van der Waals surface area contributed by atoms with Crippen molar-refractivity contribution in [2.45, 2.75) is 71.9 Å². The van der Waals surface area contributed by atoms with E-state index in [1.54, 1.807) is 0 Å². The monoisotopic (exact) mass is 197 g/mol. The van der Waals surface area contributed by atoms with Crippen molar-refractivity contribution in [3.63, 3.8) is 0 Å². The summed E-state index contributed by atoms with van der Waals surface area (Å²) in [5.41, 5.74) is 0. The van der Waals surface area contributed by atoms with Crippen LogP contribution in [0.3, 0.4) is 0 Å². The first kappa shape index (κ1) is 12.0. The maximum Gasteiger partial charge on any atom is 0.00980 e. The first-order valence-electron chi connectivity index (χ1n) is 6.37. The molecule has 1 fully saturated rings. The Labute approximate surface area is 89.9 Å². The van der Waals surface area contributed by atoms with Crippen molar-refractivity contribution in [1.29, 1.82) is 0 Å². The van der Waals surface area contributed by atoms with Gasteiger partial charge in [-0.2, -0.15) is 0 Å². The van der Waals surface area contributed by atoms with Crippen molar-refractivity contribution < 1.29 is 0 Å². The maximum atomic E-state index is 2.71. The Bertz CT molecular complexity index is 151. The van der Waals surface area contributed by atoms with Gasteiger partial charge in [-0.25, -0.2) is 0 Å². The lowest BCUT2D eigenvalue weighted by Gasteiger charge is -2.39. The standard InChI is InChI=1S/C13H27N/c1-11(2)8-9-13-7-5-6-10-14(13)12(3)4/h11-13H,5-10H2,1-4H3. The van der Waals surface area contributed by atoms with Crippen LogP contribution in [-0.4, -0.2) is 23.5 Å². The van der Waals surface area contributed by atoms with E-state index in [4.69, 9.17) is 0 Å². The molecule has 0 spiro atoms. The zero-order chi connectivity index (χ0) is 10.6. The average Bonchev–Trinajstić information content (AvgIpc) is 2.15. The van der Waals surface area contributed by atoms with Crippen LogP contribution in [0.4, 0.5) is 0 Å². The van der Waals surface area contributed by atoms with Gasteiger partial charge in [0.2, 0.25) is 0 Å². The number of hydrogen-bond acceptors (Lipinski definition) is 1. The molecule has 0 radical (unpaired) electrons. The number of nitrogens with zero attached hydrogens (tertiary/aromatic N) is 1. The van der Waals surface area contributed by atoms with Gasteiger partial charge >= 0.3 is 0 Å². The van der Waals surface area contributed by atoms with E-state index in [0.717, 1.165) is 18.0 Å². The lowest BCUT2D eigenvalue weighted by atomic mass is 9.94. The molecular weight excluding hydrogens is 170 g/mol. The van der Waals surface area contributed by atoms with Crippen molar-refractivity contribution in [3.8, 4) is 0 Å². The molecule has 1 unspecified atom stereocenters. The van der Waals surface area contributed by atoms with Gasteiger partial charge in [0.15, 0.2) is 0 Å². The van der Waals surface area contributed by atoms with Crippen molar-refractivity contribution in [2.24, 2.45) is 5.92 Å². The Morgan fingerprint density at radius 1 is 1.14 bits per heavy atom. The molecule has 1 aliphatic heterocycles. The molecule has 1 heteroatoms. The van der Waals surface area contributed by atoms with Crippen LogP contribution in [0.1, 0.15) is 59.8 Å². The quantitative estimate of drug-likeness (QED) is 0.664. The third-order valence-corrected chi connectivity index (χ3v) is 3.41. The second-order valence-electron chi connectivity index (χ2n) is 5.45. The van der Waals surface area contributed by atoms with E-state index >= 15 is 0 Å². The first-order chi connectivity index (χ1) is 6.61. The van der Waals surface area contributed by atoms with E-state index in [0.29, 0.717) is 0 Å². The topological polar surface area (TPSA) is 3.24 Å². The van der Waals surface area contributed by atoms with Crippen LogP contribution >= 0.6 is 0 Å². The molecule has 0 aromatic rings. The van der Waals surface area contributed by atoms with Gasteiger partial charge in [-0.1, -0.05) is 20.3 Å². The van der Waals surface area contributed by atoms with Gasteiger partial charge in [-0.15, -0.1) is 0 Å². The Morgan fingerprint density at radius 3 is 2.43 bits per heavy atom. The van der Waals surface area contributed by atoms with Crippen molar-refractivity contribution in [1.82, 2.24) is 4.90 Å². The van der Waals surface area contributed by atoms with Crippen LogP contribution in [0.5, 0.6) is 0 Å². The van der Waals surface area contributed by atoms with Gasteiger partial charge in [0.05, 0.1) is 0 Å². The largest absolute Gasteiger partial charge is 0.298 e. The molecule has 84 valence electrons. The summed E-state index contributed by atoms with van der Waals surface area (Å²) in [5, 5.41) is 0. The van der Waals surface area contributed by atoms with Crippen LogP contribution in [0.25, 0.3) is 0 Å². The molecular formula is C13H27N. The smallest absolute Gasteiger partial charge is 0.00980 e. The van der Waals surface area contributed by atoms with E-state index in [1.807, 2.05) is 0 Å². The SMILES string of the molecule is CC(C)CCC1CCCCN1C(C)C. The van der Waals surface area contributed by atoms with E-state index in [1.165, 1.54) is 38.6 Å². The molecule has 0 bridgehead atoms. The fourth-order valence-corrected chi connectivity index (χ4v) is 2.54. The summed E-state index contributed by atoms with van der Waals surface area (Å²) in [5.74, 6) is 0.867. The fourth-order valence-electron chi connectivity index (χ4n) is 2.54. The third-order valence-electron chi connectivity index (χ3n) is 3.41. The molecule has 0 aromatic carbocycles. The summed E-state index contributed by atoms with van der Waals surface area (Å²) in [6.45, 7) is 10.7. The molecule has 0 aliphatic carbocycles. The summed E-state index contributed by atoms with van der Waals surface area (Å²) < 4.78 is 0. The van der Waals surface area contributed by atoms with E-state index in [9.17, 15) is 0 Å². The van der Waals surface area contributed by atoms with Crippen molar-refractivity contribution in [3.05, 3.63) is 0 Å². The maximum absolute atomic E-state index is 2.71. The molecule has 1 heterocycles. The molecule has 0 amide bonds. The molecule has 0 aromatic heterocycles. The van der Waals surface area contributed by atoms with Gasteiger partial charge < -0.3 is 0 Å². The number of hydrogen-bond donors (Lipinski definition) is 0. The molecule has 1 saturated heterocycles.